The van der Waals surface area contributed by atoms with E-state index in [9.17, 15) is 9.18 Å². The van der Waals surface area contributed by atoms with Crippen molar-refractivity contribution in [3.05, 3.63) is 96.3 Å². The van der Waals surface area contributed by atoms with E-state index in [1.54, 1.807) is 18.2 Å². The molecule has 0 saturated carbocycles. The van der Waals surface area contributed by atoms with Crippen molar-refractivity contribution in [2.75, 3.05) is 0 Å². The Balaban J connectivity index is 1.66. The molecule has 6 heteroatoms. The summed E-state index contributed by atoms with van der Waals surface area (Å²) in [5.41, 5.74) is 11.1. The Morgan fingerprint density at radius 1 is 0.906 bits per heavy atom. The van der Waals surface area contributed by atoms with Gasteiger partial charge in [-0.3, -0.25) is 4.79 Å². The highest BCUT2D eigenvalue weighted by Gasteiger charge is 2.17. The van der Waals surface area contributed by atoms with E-state index >= 15 is 0 Å². The lowest BCUT2D eigenvalue weighted by molar-refractivity contribution is 0.100. The van der Waals surface area contributed by atoms with E-state index in [0.717, 1.165) is 33.1 Å². The third-order valence-electron chi connectivity index (χ3n) is 5.81. The zero-order valence-corrected chi connectivity index (χ0v) is 16.8. The maximum Gasteiger partial charge on any atom is 0.248 e. The van der Waals surface area contributed by atoms with Gasteiger partial charge in [0.25, 0.3) is 0 Å². The van der Waals surface area contributed by atoms with E-state index in [1.807, 2.05) is 36.4 Å². The highest BCUT2D eigenvalue weighted by molar-refractivity contribution is 6.15. The summed E-state index contributed by atoms with van der Waals surface area (Å²) >= 11 is 0. The van der Waals surface area contributed by atoms with Gasteiger partial charge in [-0.15, -0.1) is 0 Å². The van der Waals surface area contributed by atoms with Crippen LogP contribution in [0.4, 0.5) is 4.39 Å². The molecule has 6 aromatic rings. The van der Waals surface area contributed by atoms with Crippen LogP contribution in [-0.2, 0) is 0 Å². The Morgan fingerprint density at radius 3 is 2.50 bits per heavy atom. The van der Waals surface area contributed by atoms with Crippen LogP contribution < -0.4 is 5.73 Å². The van der Waals surface area contributed by atoms with Crippen LogP contribution in [0.25, 0.3) is 49.9 Å². The first-order chi connectivity index (χ1) is 15.6. The lowest BCUT2D eigenvalue weighted by atomic mass is 10.1. The number of nitrogens with zero attached hydrogens (tertiary/aromatic N) is 2. The monoisotopic (exact) mass is 420 g/mol. The first-order valence-corrected chi connectivity index (χ1v) is 10.2. The first kappa shape index (κ1) is 18.3. The van der Waals surface area contributed by atoms with E-state index in [4.69, 9.17) is 10.7 Å². The number of amides is 1. The van der Waals surface area contributed by atoms with Crippen LogP contribution in [0.5, 0.6) is 0 Å². The fraction of sp³-hybridized carbons (Fsp3) is 0. The molecule has 0 aliphatic carbocycles. The normalized spacial score (nSPS) is 11.5. The van der Waals surface area contributed by atoms with Gasteiger partial charge in [-0.2, -0.15) is 0 Å². The van der Waals surface area contributed by atoms with Crippen LogP contribution >= 0.6 is 0 Å². The second-order valence-corrected chi connectivity index (χ2v) is 7.71. The Bertz CT molecular complexity index is 1660. The van der Waals surface area contributed by atoms with Crippen LogP contribution in [0.15, 0.2) is 84.9 Å². The zero-order chi connectivity index (χ0) is 21.8. The molecular formula is C26H17FN4O. The van der Waals surface area contributed by atoms with E-state index < -0.39 is 5.91 Å². The summed E-state index contributed by atoms with van der Waals surface area (Å²) in [6, 6.07) is 26.0. The second-order valence-electron chi connectivity index (χ2n) is 7.71. The van der Waals surface area contributed by atoms with Gasteiger partial charge < -0.3 is 15.3 Å². The lowest BCUT2D eigenvalue weighted by Crippen LogP contribution is -2.10. The maximum atomic E-state index is 13.7. The molecule has 0 radical (unpaired) electrons. The van der Waals surface area contributed by atoms with E-state index in [0.29, 0.717) is 22.4 Å². The summed E-state index contributed by atoms with van der Waals surface area (Å²) in [4.78, 5) is 19.5. The third kappa shape index (κ3) is 2.70. The Labute approximate surface area is 181 Å². The quantitative estimate of drug-likeness (QED) is 0.393. The van der Waals surface area contributed by atoms with Crippen molar-refractivity contribution in [2.24, 2.45) is 5.73 Å². The molecule has 5 nitrogen and oxygen atoms in total. The first-order valence-electron chi connectivity index (χ1n) is 10.2. The minimum Gasteiger partial charge on any atom is -0.366 e. The molecule has 0 atom stereocenters. The summed E-state index contributed by atoms with van der Waals surface area (Å²) in [6.07, 6.45) is 0. The number of nitrogens with one attached hydrogen (secondary N) is 1. The van der Waals surface area contributed by atoms with E-state index in [-0.39, 0.29) is 5.82 Å². The van der Waals surface area contributed by atoms with Crippen LogP contribution in [-0.4, -0.2) is 20.4 Å². The minimum absolute atomic E-state index is 0.304. The molecule has 0 fully saturated rings. The number of carbonyl (C=O) groups excluding carboxylic acids is 1. The van der Waals surface area contributed by atoms with Crippen molar-refractivity contribution in [1.29, 1.82) is 0 Å². The number of benzene rings is 4. The average molecular weight is 420 g/mol. The van der Waals surface area contributed by atoms with Crippen molar-refractivity contribution in [3.63, 3.8) is 0 Å². The minimum atomic E-state index is -0.456. The number of halogens is 1. The number of para-hydroxylation sites is 1. The smallest absolute Gasteiger partial charge is 0.248 e. The van der Waals surface area contributed by atoms with Crippen LogP contribution in [0.3, 0.4) is 0 Å². The van der Waals surface area contributed by atoms with Gasteiger partial charge in [0, 0.05) is 27.6 Å². The van der Waals surface area contributed by atoms with Crippen molar-refractivity contribution < 1.29 is 9.18 Å². The summed E-state index contributed by atoms with van der Waals surface area (Å²) in [5.74, 6) is -0.0764. The highest BCUT2D eigenvalue weighted by atomic mass is 19.1. The molecule has 1 amide bonds. The number of nitrogens with two attached hydrogens (primary N) is 1. The molecule has 3 N–H and O–H groups in total. The number of rotatable bonds is 3. The van der Waals surface area contributed by atoms with Gasteiger partial charge in [0.1, 0.15) is 11.6 Å². The maximum absolute atomic E-state index is 13.7. The lowest BCUT2D eigenvalue weighted by Gasteiger charge is -2.08. The molecule has 2 aromatic heterocycles. The number of carbonyl (C=O) groups is 1. The predicted octanol–water partition coefficient (Wildman–Crippen LogP) is 5.57. The van der Waals surface area contributed by atoms with Crippen molar-refractivity contribution in [2.45, 2.75) is 0 Å². The summed E-state index contributed by atoms with van der Waals surface area (Å²) in [7, 11) is 0. The molecule has 0 spiro atoms. The summed E-state index contributed by atoms with van der Waals surface area (Å²) in [6.45, 7) is 0. The van der Waals surface area contributed by atoms with Crippen LogP contribution in [0.2, 0.25) is 0 Å². The highest BCUT2D eigenvalue weighted by Crippen LogP contribution is 2.38. The number of H-pyrrole nitrogens is 1. The predicted molar refractivity (Wildman–Crippen MR) is 124 cm³/mol. The number of hydrogen-bond donors (Lipinski definition) is 2. The number of hydrogen-bond acceptors (Lipinski definition) is 2. The van der Waals surface area contributed by atoms with E-state index in [2.05, 4.69) is 27.8 Å². The van der Waals surface area contributed by atoms with Crippen molar-refractivity contribution in [3.8, 4) is 17.1 Å². The van der Waals surface area contributed by atoms with Crippen LogP contribution in [0.1, 0.15) is 10.4 Å². The number of imidazole rings is 1. The zero-order valence-electron chi connectivity index (χ0n) is 16.8. The third-order valence-corrected chi connectivity index (χ3v) is 5.81. The summed E-state index contributed by atoms with van der Waals surface area (Å²) < 4.78 is 15.9. The van der Waals surface area contributed by atoms with Gasteiger partial charge in [-0.1, -0.05) is 30.3 Å². The molecular weight excluding hydrogens is 403 g/mol. The Morgan fingerprint density at radius 2 is 1.69 bits per heavy atom. The van der Waals surface area contributed by atoms with Crippen LogP contribution in [0, 0.1) is 5.82 Å². The van der Waals surface area contributed by atoms with Gasteiger partial charge >= 0.3 is 0 Å². The number of primary amides is 1. The van der Waals surface area contributed by atoms with Gasteiger partial charge in [0.15, 0.2) is 0 Å². The fourth-order valence-corrected chi connectivity index (χ4v) is 4.38. The van der Waals surface area contributed by atoms with Gasteiger partial charge in [-0.25, -0.2) is 9.37 Å². The number of fused-ring (bicyclic) bond motifs is 4. The molecule has 6 rings (SSSR count). The number of aromatic nitrogens is 3. The molecule has 0 unspecified atom stereocenters. The van der Waals surface area contributed by atoms with Gasteiger partial charge in [-0.05, 0) is 54.6 Å². The molecule has 0 bridgehead atoms. The molecule has 154 valence electrons. The SMILES string of the molecule is NC(=O)c1ccc(-n2c3ccccc3c3c(-c4nc5ccc(F)cc5[nH]4)cccc32)cc1. The number of aromatic amines is 1. The molecule has 0 aliphatic heterocycles. The molecule has 0 aliphatic rings. The van der Waals surface area contributed by atoms with Crippen molar-refractivity contribution >= 4 is 38.7 Å². The molecule has 2 heterocycles. The fourth-order valence-electron chi connectivity index (χ4n) is 4.38. The second kappa shape index (κ2) is 6.78. The Hall–Kier alpha value is -4.45. The molecule has 0 saturated heterocycles. The average Bonchev–Trinajstić information content (AvgIpc) is 3.37. The topological polar surface area (TPSA) is 76.7 Å². The van der Waals surface area contributed by atoms with Crippen molar-refractivity contribution in [1.82, 2.24) is 14.5 Å². The summed E-state index contributed by atoms with van der Waals surface area (Å²) in [5, 5.41) is 2.12. The largest absolute Gasteiger partial charge is 0.366 e. The molecule has 32 heavy (non-hydrogen) atoms. The van der Waals surface area contributed by atoms with Gasteiger partial charge in [0.05, 0.1) is 22.1 Å². The standard InChI is InChI=1S/C26H17FN4O/c27-16-10-13-20-21(14-16)30-26(29-20)19-5-3-7-23-24(19)18-4-1-2-6-22(18)31(23)17-11-8-15(9-12-17)25(28)32/h1-14H,(H2,28,32)(H,29,30). The Kier molecular flexibility index (Phi) is 3.89. The molecule has 4 aromatic carbocycles. The van der Waals surface area contributed by atoms with Gasteiger partial charge in [0.2, 0.25) is 5.91 Å². The van der Waals surface area contributed by atoms with E-state index in [1.165, 1.54) is 12.1 Å².